The van der Waals surface area contributed by atoms with Crippen LogP contribution in [0.5, 0.6) is 11.5 Å². The molecule has 2 amide bonds. The van der Waals surface area contributed by atoms with Crippen molar-refractivity contribution in [3.8, 4) is 11.5 Å². The molecule has 1 heterocycles. The molecule has 0 atom stereocenters. The molecule has 7 heteroatoms. The Kier molecular flexibility index (Phi) is 8.17. The van der Waals surface area contributed by atoms with Crippen molar-refractivity contribution in [2.75, 3.05) is 26.3 Å². The third kappa shape index (κ3) is 7.15. The van der Waals surface area contributed by atoms with Crippen molar-refractivity contribution < 1.29 is 23.8 Å². The van der Waals surface area contributed by atoms with Crippen molar-refractivity contribution in [2.45, 2.75) is 66.0 Å². The summed E-state index contributed by atoms with van der Waals surface area (Å²) in [7, 11) is 0. The maximum atomic E-state index is 12.6. The van der Waals surface area contributed by atoms with Crippen molar-refractivity contribution in [1.29, 1.82) is 0 Å². The number of benzene rings is 1. The van der Waals surface area contributed by atoms with Gasteiger partial charge in [0.1, 0.15) is 5.60 Å². The first-order valence-corrected chi connectivity index (χ1v) is 10.4. The molecule has 0 unspecified atom stereocenters. The number of carbonyl (C=O) groups excluding carboxylic acids is 2. The van der Waals surface area contributed by atoms with E-state index < -0.39 is 11.7 Å². The van der Waals surface area contributed by atoms with E-state index in [0.717, 1.165) is 23.5 Å². The summed E-state index contributed by atoms with van der Waals surface area (Å²) in [5, 5.41) is 2.69. The fourth-order valence-corrected chi connectivity index (χ4v) is 3.22. The van der Waals surface area contributed by atoms with Gasteiger partial charge in [0.05, 0.1) is 13.2 Å². The highest BCUT2D eigenvalue weighted by molar-refractivity contribution is 5.76. The number of rotatable bonds is 8. The van der Waals surface area contributed by atoms with E-state index in [2.05, 4.69) is 5.32 Å². The van der Waals surface area contributed by atoms with Crippen LogP contribution < -0.4 is 14.8 Å². The van der Waals surface area contributed by atoms with Gasteiger partial charge in [0, 0.05) is 26.1 Å². The lowest BCUT2D eigenvalue weighted by atomic mass is 9.98. The topological polar surface area (TPSA) is 77.1 Å². The fourth-order valence-electron chi connectivity index (χ4n) is 3.22. The molecule has 2 rings (SSSR count). The molecule has 1 aliphatic rings. The molecule has 0 aromatic heterocycles. The number of alkyl carbamates (subject to hydrolysis) is 1. The van der Waals surface area contributed by atoms with Gasteiger partial charge in [-0.1, -0.05) is 0 Å². The largest absolute Gasteiger partial charge is 0.490 e. The van der Waals surface area contributed by atoms with Crippen LogP contribution in [0.4, 0.5) is 4.79 Å². The summed E-state index contributed by atoms with van der Waals surface area (Å²) in [6, 6.07) is 4.03. The number of amides is 2. The minimum atomic E-state index is -0.524. The molecule has 1 aromatic rings. The molecule has 0 radical (unpaired) electrons. The van der Waals surface area contributed by atoms with Gasteiger partial charge in [-0.2, -0.15) is 0 Å². The highest BCUT2D eigenvalue weighted by Gasteiger charge is 2.23. The second-order valence-electron chi connectivity index (χ2n) is 8.03. The number of ether oxygens (including phenoxy) is 3. The van der Waals surface area contributed by atoms with Gasteiger partial charge in [-0.3, -0.25) is 4.79 Å². The third-order valence-corrected chi connectivity index (χ3v) is 4.47. The predicted octanol–water partition coefficient (Wildman–Crippen LogP) is 3.67. The molecular formula is C22H34N2O5. The number of hydrogen-bond donors (Lipinski definition) is 1. The van der Waals surface area contributed by atoms with Gasteiger partial charge in [0.2, 0.25) is 5.91 Å². The van der Waals surface area contributed by atoms with Crippen LogP contribution in [-0.2, 0) is 22.5 Å². The van der Waals surface area contributed by atoms with E-state index >= 15 is 0 Å². The molecule has 1 N–H and O–H groups in total. The van der Waals surface area contributed by atoms with Gasteiger partial charge in [0.25, 0.3) is 0 Å². The van der Waals surface area contributed by atoms with E-state index in [-0.39, 0.29) is 5.91 Å². The predicted molar refractivity (Wildman–Crippen MR) is 111 cm³/mol. The number of hydrogen-bond acceptors (Lipinski definition) is 5. The molecule has 1 aliphatic heterocycles. The van der Waals surface area contributed by atoms with Crippen LogP contribution in [0.15, 0.2) is 12.1 Å². The Hall–Kier alpha value is -2.44. The van der Waals surface area contributed by atoms with Crippen molar-refractivity contribution in [3.05, 3.63) is 23.3 Å². The second-order valence-corrected chi connectivity index (χ2v) is 8.03. The van der Waals surface area contributed by atoms with E-state index in [1.807, 2.05) is 51.7 Å². The van der Waals surface area contributed by atoms with Crippen LogP contribution in [-0.4, -0.2) is 48.8 Å². The monoisotopic (exact) mass is 406 g/mol. The smallest absolute Gasteiger partial charge is 0.407 e. The summed E-state index contributed by atoms with van der Waals surface area (Å²) in [5.74, 6) is 1.58. The van der Waals surface area contributed by atoms with Crippen LogP contribution in [0, 0.1) is 0 Å². The average molecular weight is 407 g/mol. The van der Waals surface area contributed by atoms with Crippen molar-refractivity contribution in [2.24, 2.45) is 0 Å². The number of nitrogens with zero attached hydrogens (tertiary/aromatic N) is 1. The zero-order valence-electron chi connectivity index (χ0n) is 18.3. The van der Waals surface area contributed by atoms with Gasteiger partial charge in [0.15, 0.2) is 11.5 Å². The maximum absolute atomic E-state index is 12.6. The maximum Gasteiger partial charge on any atom is 0.407 e. The Morgan fingerprint density at radius 1 is 1.07 bits per heavy atom. The standard InChI is InChI=1S/C22H34N2O5/c1-6-27-18-13-16-10-12-24(15-17(16)14-19(18)28-7-2)20(25)9-8-11-23-21(26)29-22(3,4)5/h13-14H,6-12,15H2,1-5H3,(H,23,26). The Labute approximate surface area is 173 Å². The average Bonchev–Trinajstić information content (AvgIpc) is 2.64. The van der Waals surface area contributed by atoms with Crippen molar-refractivity contribution in [1.82, 2.24) is 10.2 Å². The van der Waals surface area contributed by atoms with Crippen molar-refractivity contribution in [3.63, 3.8) is 0 Å². The number of fused-ring (bicyclic) bond motifs is 1. The first kappa shape index (κ1) is 22.8. The molecule has 0 saturated heterocycles. The van der Waals surface area contributed by atoms with Crippen LogP contribution in [0.2, 0.25) is 0 Å². The van der Waals surface area contributed by atoms with Gasteiger partial charge in [-0.15, -0.1) is 0 Å². The fraction of sp³-hybridized carbons (Fsp3) is 0.636. The summed E-state index contributed by atoms with van der Waals surface area (Å²) in [4.78, 5) is 26.1. The van der Waals surface area contributed by atoms with E-state index in [9.17, 15) is 9.59 Å². The molecule has 7 nitrogen and oxygen atoms in total. The molecule has 162 valence electrons. The lowest BCUT2D eigenvalue weighted by Gasteiger charge is -2.30. The number of carbonyl (C=O) groups is 2. The minimum absolute atomic E-state index is 0.0912. The number of nitrogens with one attached hydrogen (secondary N) is 1. The first-order chi connectivity index (χ1) is 13.7. The highest BCUT2D eigenvalue weighted by atomic mass is 16.6. The minimum Gasteiger partial charge on any atom is -0.490 e. The first-order valence-electron chi connectivity index (χ1n) is 10.4. The quantitative estimate of drug-likeness (QED) is 0.667. The Morgan fingerprint density at radius 2 is 1.69 bits per heavy atom. The van der Waals surface area contributed by atoms with Crippen LogP contribution in [0.25, 0.3) is 0 Å². The van der Waals surface area contributed by atoms with Crippen LogP contribution in [0.1, 0.15) is 58.6 Å². The van der Waals surface area contributed by atoms with Gasteiger partial charge in [-0.05, 0) is 70.7 Å². The summed E-state index contributed by atoms with van der Waals surface area (Å²) < 4.78 is 16.6. The Bertz CT molecular complexity index is 712. The molecule has 0 aliphatic carbocycles. The lowest BCUT2D eigenvalue weighted by Crippen LogP contribution is -2.37. The van der Waals surface area contributed by atoms with Gasteiger partial charge < -0.3 is 24.4 Å². The lowest BCUT2D eigenvalue weighted by molar-refractivity contribution is -0.132. The molecule has 0 spiro atoms. The SMILES string of the molecule is CCOc1cc2c(cc1OCC)CN(C(=O)CCCNC(=O)OC(C)(C)C)CC2. The highest BCUT2D eigenvalue weighted by Crippen LogP contribution is 2.34. The molecule has 0 saturated carbocycles. The molecular weight excluding hydrogens is 372 g/mol. The van der Waals surface area contributed by atoms with Gasteiger partial charge in [-0.25, -0.2) is 4.79 Å². The zero-order chi connectivity index (χ0) is 21.4. The molecule has 0 bridgehead atoms. The van der Waals surface area contributed by atoms with Crippen LogP contribution in [0.3, 0.4) is 0 Å². The second kappa shape index (κ2) is 10.4. The molecule has 29 heavy (non-hydrogen) atoms. The summed E-state index contributed by atoms with van der Waals surface area (Å²) in [6.45, 7) is 12.2. The molecule has 1 aromatic carbocycles. The molecule has 0 fully saturated rings. The Balaban J connectivity index is 1.87. The van der Waals surface area contributed by atoms with E-state index in [1.165, 1.54) is 5.56 Å². The van der Waals surface area contributed by atoms with Gasteiger partial charge >= 0.3 is 6.09 Å². The summed E-state index contributed by atoms with van der Waals surface area (Å²) >= 11 is 0. The van der Waals surface area contributed by atoms with E-state index in [1.54, 1.807) is 0 Å². The summed E-state index contributed by atoms with van der Waals surface area (Å²) in [6.07, 6.45) is 1.31. The van der Waals surface area contributed by atoms with Crippen LogP contribution >= 0.6 is 0 Å². The normalized spacial score (nSPS) is 13.5. The zero-order valence-corrected chi connectivity index (χ0v) is 18.3. The summed E-state index contributed by atoms with van der Waals surface area (Å²) in [5.41, 5.74) is 1.78. The Morgan fingerprint density at radius 3 is 2.28 bits per heavy atom. The van der Waals surface area contributed by atoms with Crippen molar-refractivity contribution >= 4 is 12.0 Å². The third-order valence-electron chi connectivity index (χ3n) is 4.47. The van der Waals surface area contributed by atoms with E-state index in [0.29, 0.717) is 45.7 Å². The van der Waals surface area contributed by atoms with E-state index in [4.69, 9.17) is 14.2 Å².